The summed E-state index contributed by atoms with van der Waals surface area (Å²) >= 11 is 1.97. The van der Waals surface area contributed by atoms with E-state index in [4.69, 9.17) is 26.8 Å². The normalized spacial score (nSPS) is 32.1. The lowest BCUT2D eigenvalue weighted by Crippen LogP contribution is -2.59. The van der Waals surface area contributed by atoms with Crippen molar-refractivity contribution in [3.05, 3.63) is 0 Å². The molecule has 1 fully saturated rings. The Morgan fingerprint density at radius 1 is 1.05 bits per heavy atom. The summed E-state index contributed by atoms with van der Waals surface area (Å²) in [5.41, 5.74) is 0. The van der Waals surface area contributed by atoms with Gasteiger partial charge in [-0.25, -0.2) is 0 Å². The van der Waals surface area contributed by atoms with Crippen LogP contribution in [0.1, 0.15) is 20.8 Å². The number of esters is 3. The van der Waals surface area contributed by atoms with Crippen molar-refractivity contribution >= 4 is 48.3 Å². The number of carbonyl (C=O) groups excluding carboxylic acids is 3. The summed E-state index contributed by atoms with van der Waals surface area (Å²) in [4.78, 5) is 33.4. The number of alkyl halides is 1. The first kappa shape index (κ1) is 18.2. The van der Waals surface area contributed by atoms with Crippen LogP contribution in [0.4, 0.5) is 0 Å². The molecule has 1 rings (SSSR count). The molecule has 1 heterocycles. The van der Waals surface area contributed by atoms with Gasteiger partial charge in [0.2, 0.25) is 0 Å². The molecule has 1 aliphatic heterocycles. The molecule has 1 saturated heterocycles. The fourth-order valence-corrected chi connectivity index (χ4v) is 2.65. The van der Waals surface area contributed by atoms with Crippen LogP contribution in [0.3, 0.4) is 0 Å². The maximum absolute atomic E-state index is 11.3. The Labute approximate surface area is 137 Å². The first-order valence-electron chi connectivity index (χ1n) is 6.25. The first-order chi connectivity index (χ1) is 9.72. The van der Waals surface area contributed by atoms with Crippen LogP contribution in [-0.2, 0) is 33.3 Å². The standard InChI is InChI=1S/C12H16BIO7/c1-5(15)18-4-8-10(19-6(2)16)11(20-7(3)17)9(14)12(13)21-8/h8-12H,4H2,1-3H3/t8-,9?,10+,11-,12+/m1/s1. The van der Waals surface area contributed by atoms with Crippen molar-refractivity contribution in [1.82, 2.24) is 0 Å². The highest BCUT2D eigenvalue weighted by Crippen LogP contribution is 2.30. The largest absolute Gasteiger partial charge is 0.463 e. The average Bonchev–Trinajstić information content (AvgIpc) is 2.35. The van der Waals surface area contributed by atoms with Crippen LogP contribution in [0.2, 0.25) is 0 Å². The van der Waals surface area contributed by atoms with Gasteiger partial charge in [0.15, 0.2) is 12.2 Å². The van der Waals surface area contributed by atoms with E-state index in [-0.39, 0.29) is 6.61 Å². The average molecular weight is 410 g/mol. The van der Waals surface area contributed by atoms with Crippen LogP contribution >= 0.6 is 22.6 Å². The van der Waals surface area contributed by atoms with E-state index in [9.17, 15) is 14.4 Å². The topological polar surface area (TPSA) is 88.1 Å². The Hall–Kier alpha value is -0.835. The number of carbonyl (C=O) groups is 3. The zero-order valence-corrected chi connectivity index (χ0v) is 14.1. The Kier molecular flexibility index (Phi) is 6.91. The predicted octanol–water partition coefficient (Wildman–Crippen LogP) is 0.110. The van der Waals surface area contributed by atoms with E-state index >= 15 is 0 Å². The molecule has 0 aromatic rings. The minimum Gasteiger partial charge on any atom is -0.463 e. The lowest BCUT2D eigenvalue weighted by molar-refractivity contribution is -0.202. The SMILES string of the molecule is [B][C@H]1O[C@H](COC(C)=O)[C@H](OC(C)=O)[C@H](OC(C)=O)C1I. The quantitative estimate of drug-likeness (QED) is 0.214. The summed E-state index contributed by atoms with van der Waals surface area (Å²) < 4.78 is 20.3. The molecule has 0 saturated carbocycles. The highest BCUT2D eigenvalue weighted by molar-refractivity contribution is 14.1. The monoisotopic (exact) mass is 410 g/mol. The van der Waals surface area contributed by atoms with Crippen molar-refractivity contribution < 1.29 is 33.3 Å². The van der Waals surface area contributed by atoms with Gasteiger partial charge in [-0.3, -0.25) is 14.4 Å². The summed E-state index contributed by atoms with van der Waals surface area (Å²) in [5.74, 6) is -1.60. The van der Waals surface area contributed by atoms with Crippen LogP contribution < -0.4 is 0 Å². The van der Waals surface area contributed by atoms with E-state index in [1.54, 1.807) is 0 Å². The van der Waals surface area contributed by atoms with Gasteiger partial charge in [-0.2, -0.15) is 0 Å². The van der Waals surface area contributed by atoms with Gasteiger partial charge in [-0.05, 0) is 0 Å². The molecule has 0 aromatic heterocycles. The Balaban J connectivity index is 2.94. The molecule has 0 N–H and O–H groups in total. The second kappa shape index (κ2) is 7.97. The lowest BCUT2D eigenvalue weighted by atomic mass is 9.87. The number of ether oxygens (including phenoxy) is 4. The molecule has 1 unspecified atom stereocenters. The molecular weight excluding hydrogens is 394 g/mol. The van der Waals surface area contributed by atoms with Gasteiger partial charge in [0, 0.05) is 26.8 Å². The van der Waals surface area contributed by atoms with Gasteiger partial charge >= 0.3 is 17.9 Å². The Morgan fingerprint density at radius 2 is 1.57 bits per heavy atom. The molecular formula is C12H16BIO7. The van der Waals surface area contributed by atoms with Gasteiger partial charge in [-0.1, -0.05) is 22.6 Å². The molecule has 0 aliphatic carbocycles. The molecule has 5 atom stereocenters. The zero-order valence-electron chi connectivity index (χ0n) is 11.9. The molecule has 0 aromatic carbocycles. The van der Waals surface area contributed by atoms with Gasteiger partial charge in [0.25, 0.3) is 0 Å². The van der Waals surface area contributed by atoms with E-state index in [0.717, 1.165) is 0 Å². The Morgan fingerprint density at radius 3 is 2.05 bits per heavy atom. The van der Waals surface area contributed by atoms with E-state index in [1.807, 2.05) is 22.6 Å². The van der Waals surface area contributed by atoms with Crippen molar-refractivity contribution in [1.29, 1.82) is 0 Å². The van der Waals surface area contributed by atoms with Crippen molar-refractivity contribution in [2.24, 2.45) is 0 Å². The molecule has 1 aliphatic rings. The predicted molar refractivity (Wildman–Crippen MR) is 80.0 cm³/mol. The molecule has 9 heteroatoms. The van der Waals surface area contributed by atoms with Crippen LogP contribution in [-0.4, -0.2) is 60.6 Å². The summed E-state index contributed by atoms with van der Waals surface area (Å²) in [6, 6.07) is -0.748. The lowest BCUT2D eigenvalue weighted by Gasteiger charge is -2.42. The fourth-order valence-electron chi connectivity index (χ4n) is 1.93. The van der Waals surface area contributed by atoms with Gasteiger partial charge in [0.1, 0.15) is 20.6 Å². The second-order valence-corrected chi connectivity index (χ2v) is 5.97. The highest BCUT2D eigenvalue weighted by atomic mass is 127. The third-order valence-corrected chi connectivity index (χ3v) is 4.12. The summed E-state index contributed by atoms with van der Waals surface area (Å²) in [6.45, 7) is 3.57. The number of rotatable bonds is 4. The van der Waals surface area contributed by atoms with Crippen molar-refractivity contribution in [2.45, 2.75) is 49.0 Å². The molecule has 7 nitrogen and oxygen atoms in total. The maximum atomic E-state index is 11.3. The van der Waals surface area contributed by atoms with Crippen LogP contribution in [0.5, 0.6) is 0 Å². The molecule has 2 radical (unpaired) electrons. The third kappa shape index (κ3) is 5.46. The molecule has 21 heavy (non-hydrogen) atoms. The smallest absolute Gasteiger partial charge is 0.303 e. The van der Waals surface area contributed by atoms with Crippen molar-refractivity contribution in [2.75, 3.05) is 6.61 Å². The van der Waals surface area contributed by atoms with Gasteiger partial charge < -0.3 is 18.9 Å². The number of hydrogen-bond acceptors (Lipinski definition) is 7. The van der Waals surface area contributed by atoms with Crippen LogP contribution in [0, 0.1) is 0 Å². The minimum absolute atomic E-state index is 0.151. The third-order valence-electron chi connectivity index (χ3n) is 2.70. The van der Waals surface area contributed by atoms with E-state index in [0.29, 0.717) is 0 Å². The van der Waals surface area contributed by atoms with Crippen molar-refractivity contribution in [3.63, 3.8) is 0 Å². The zero-order chi connectivity index (χ0) is 16.2. The molecule has 0 spiro atoms. The fraction of sp³-hybridized carbons (Fsp3) is 0.750. The minimum atomic E-state index is -0.896. The summed E-state index contributed by atoms with van der Waals surface area (Å²) in [7, 11) is 5.83. The second-order valence-electron chi connectivity index (χ2n) is 4.53. The van der Waals surface area contributed by atoms with Crippen LogP contribution in [0.25, 0.3) is 0 Å². The number of halogens is 1. The Bertz CT molecular complexity index is 416. The van der Waals surface area contributed by atoms with Gasteiger partial charge in [-0.15, -0.1) is 0 Å². The van der Waals surface area contributed by atoms with Crippen LogP contribution in [0.15, 0.2) is 0 Å². The maximum Gasteiger partial charge on any atom is 0.303 e. The van der Waals surface area contributed by atoms with Crippen molar-refractivity contribution in [3.8, 4) is 0 Å². The number of hydrogen-bond donors (Lipinski definition) is 0. The first-order valence-corrected chi connectivity index (χ1v) is 7.49. The summed E-state index contributed by atoms with van der Waals surface area (Å²) in [5, 5.41) is 0. The molecule has 0 amide bonds. The van der Waals surface area contributed by atoms with E-state index in [1.165, 1.54) is 20.8 Å². The van der Waals surface area contributed by atoms with E-state index in [2.05, 4.69) is 0 Å². The molecule has 116 valence electrons. The highest BCUT2D eigenvalue weighted by Gasteiger charge is 2.47. The van der Waals surface area contributed by atoms with E-state index < -0.39 is 46.1 Å². The molecule has 0 bridgehead atoms. The van der Waals surface area contributed by atoms with Gasteiger partial charge in [0.05, 0.1) is 3.92 Å². The summed E-state index contributed by atoms with van der Waals surface area (Å²) in [6.07, 6.45) is -2.48.